The molecule has 1 aliphatic heterocycles. The number of hydrogen-bond acceptors (Lipinski definition) is 4. The van der Waals surface area contributed by atoms with Gasteiger partial charge in [0.15, 0.2) is 0 Å². The monoisotopic (exact) mass is 348 g/mol. The number of carbonyl (C=O) groups excluding carboxylic acids is 1. The standard InChI is InChI=1S/C20H32N2O3/c1-19(2,3)16-10-9-14(21)12-17(16)24-13-15-8-7-11-22(15)18(23)25-20(4,5)6/h9-10,12,15H,7-8,11,13,21H2,1-6H3/t15-/m0/s1. The molecule has 2 rings (SSSR count). The summed E-state index contributed by atoms with van der Waals surface area (Å²) in [6.45, 7) is 13.3. The third kappa shape index (κ3) is 5.28. The number of amides is 1. The summed E-state index contributed by atoms with van der Waals surface area (Å²) in [5.74, 6) is 0.795. The zero-order valence-electron chi connectivity index (χ0n) is 16.4. The minimum atomic E-state index is -0.488. The predicted molar refractivity (Wildman–Crippen MR) is 101 cm³/mol. The number of rotatable bonds is 3. The van der Waals surface area contributed by atoms with Gasteiger partial charge in [-0.2, -0.15) is 0 Å². The van der Waals surface area contributed by atoms with Gasteiger partial charge < -0.3 is 20.1 Å². The number of benzene rings is 1. The van der Waals surface area contributed by atoms with Gasteiger partial charge in [-0.15, -0.1) is 0 Å². The van der Waals surface area contributed by atoms with E-state index in [1.807, 2.05) is 39.0 Å². The molecule has 0 bridgehead atoms. The van der Waals surface area contributed by atoms with Crippen molar-refractivity contribution in [2.75, 3.05) is 18.9 Å². The van der Waals surface area contributed by atoms with Crippen molar-refractivity contribution in [3.8, 4) is 5.75 Å². The number of carbonyl (C=O) groups is 1. The van der Waals surface area contributed by atoms with Gasteiger partial charge in [0.2, 0.25) is 0 Å². The molecule has 0 radical (unpaired) electrons. The second kappa shape index (κ2) is 7.14. The fourth-order valence-corrected chi connectivity index (χ4v) is 3.03. The van der Waals surface area contributed by atoms with Crippen LogP contribution >= 0.6 is 0 Å². The molecule has 5 heteroatoms. The van der Waals surface area contributed by atoms with Gasteiger partial charge >= 0.3 is 6.09 Å². The molecule has 0 saturated carbocycles. The number of nitrogens with two attached hydrogens (primary N) is 1. The minimum absolute atomic E-state index is 0.0316. The van der Waals surface area contributed by atoms with E-state index in [1.54, 1.807) is 4.90 Å². The summed E-state index contributed by atoms with van der Waals surface area (Å²) < 4.78 is 11.6. The maximum Gasteiger partial charge on any atom is 0.410 e. The molecule has 0 aliphatic carbocycles. The van der Waals surface area contributed by atoms with E-state index in [1.165, 1.54) is 0 Å². The van der Waals surface area contributed by atoms with Crippen LogP contribution < -0.4 is 10.5 Å². The Labute approximate surface area is 151 Å². The Morgan fingerprint density at radius 1 is 1.24 bits per heavy atom. The zero-order chi connectivity index (χ0) is 18.8. The van der Waals surface area contributed by atoms with Crippen LogP contribution in [0.5, 0.6) is 5.75 Å². The first-order valence-electron chi connectivity index (χ1n) is 9.00. The van der Waals surface area contributed by atoms with Gasteiger partial charge in [-0.3, -0.25) is 0 Å². The average Bonchev–Trinajstić information content (AvgIpc) is 2.90. The molecule has 1 aromatic rings. The van der Waals surface area contributed by atoms with Crippen molar-refractivity contribution in [2.45, 2.75) is 71.4 Å². The van der Waals surface area contributed by atoms with Gasteiger partial charge in [0.25, 0.3) is 0 Å². The molecule has 140 valence electrons. The number of nitrogen functional groups attached to an aromatic ring is 1. The molecule has 5 nitrogen and oxygen atoms in total. The first-order chi connectivity index (χ1) is 11.5. The van der Waals surface area contributed by atoms with Gasteiger partial charge in [0.05, 0.1) is 6.04 Å². The number of nitrogens with zero attached hydrogens (tertiary/aromatic N) is 1. The van der Waals surface area contributed by atoms with E-state index in [-0.39, 0.29) is 17.6 Å². The number of likely N-dealkylation sites (tertiary alicyclic amines) is 1. The van der Waals surface area contributed by atoms with Crippen LogP contribution in [0.25, 0.3) is 0 Å². The molecule has 0 spiro atoms. The lowest BCUT2D eigenvalue weighted by molar-refractivity contribution is 0.0187. The van der Waals surface area contributed by atoms with Crippen molar-refractivity contribution in [1.82, 2.24) is 4.90 Å². The summed E-state index contributed by atoms with van der Waals surface area (Å²) in [6.07, 6.45) is 1.63. The van der Waals surface area contributed by atoms with Crippen molar-refractivity contribution in [3.63, 3.8) is 0 Å². The third-order valence-corrected chi connectivity index (χ3v) is 4.25. The van der Waals surface area contributed by atoms with E-state index in [2.05, 4.69) is 20.8 Å². The smallest absolute Gasteiger partial charge is 0.410 e. The third-order valence-electron chi connectivity index (χ3n) is 4.25. The van der Waals surface area contributed by atoms with Gasteiger partial charge in [0, 0.05) is 18.3 Å². The Morgan fingerprint density at radius 2 is 1.92 bits per heavy atom. The highest BCUT2D eigenvalue weighted by Crippen LogP contribution is 2.33. The second-order valence-electron chi connectivity index (χ2n) is 8.79. The molecule has 2 N–H and O–H groups in total. The zero-order valence-corrected chi connectivity index (χ0v) is 16.4. The topological polar surface area (TPSA) is 64.8 Å². The fraction of sp³-hybridized carbons (Fsp3) is 0.650. The Bertz CT molecular complexity index is 614. The Kier molecular flexibility index (Phi) is 5.55. The Hall–Kier alpha value is -1.91. The maximum atomic E-state index is 12.4. The van der Waals surface area contributed by atoms with Crippen molar-refractivity contribution < 1.29 is 14.3 Å². The molecule has 1 fully saturated rings. The normalized spacial score (nSPS) is 18.3. The quantitative estimate of drug-likeness (QED) is 0.825. The Morgan fingerprint density at radius 3 is 2.52 bits per heavy atom. The highest BCUT2D eigenvalue weighted by atomic mass is 16.6. The van der Waals surface area contributed by atoms with Crippen LogP contribution in [-0.2, 0) is 10.2 Å². The summed E-state index contributed by atoms with van der Waals surface area (Å²) >= 11 is 0. The van der Waals surface area contributed by atoms with E-state index in [0.717, 1.165) is 24.2 Å². The minimum Gasteiger partial charge on any atom is -0.491 e. The molecule has 1 aromatic carbocycles. The van der Waals surface area contributed by atoms with E-state index in [0.29, 0.717) is 18.8 Å². The highest BCUT2D eigenvalue weighted by Gasteiger charge is 2.33. The van der Waals surface area contributed by atoms with Crippen LogP contribution in [0, 0.1) is 0 Å². The van der Waals surface area contributed by atoms with E-state index in [4.69, 9.17) is 15.2 Å². The fourth-order valence-electron chi connectivity index (χ4n) is 3.03. The van der Waals surface area contributed by atoms with Crippen LogP contribution in [0.2, 0.25) is 0 Å². The summed E-state index contributed by atoms with van der Waals surface area (Å²) in [4.78, 5) is 14.2. The summed E-state index contributed by atoms with van der Waals surface area (Å²) in [7, 11) is 0. The van der Waals surface area contributed by atoms with Gasteiger partial charge in [0.1, 0.15) is 18.0 Å². The van der Waals surface area contributed by atoms with Gasteiger partial charge in [-0.1, -0.05) is 26.8 Å². The molecule has 25 heavy (non-hydrogen) atoms. The molecule has 0 unspecified atom stereocenters. The molecule has 1 atom stereocenters. The van der Waals surface area contributed by atoms with Gasteiger partial charge in [-0.25, -0.2) is 4.79 Å². The van der Waals surface area contributed by atoms with Crippen LogP contribution in [0.4, 0.5) is 10.5 Å². The molecule has 1 heterocycles. The van der Waals surface area contributed by atoms with Crippen LogP contribution in [0.15, 0.2) is 18.2 Å². The first-order valence-corrected chi connectivity index (χ1v) is 9.00. The SMILES string of the molecule is CC(C)(C)OC(=O)N1CCC[C@H]1COc1cc(N)ccc1C(C)(C)C. The number of ether oxygens (including phenoxy) is 2. The molecular formula is C20H32N2O3. The maximum absolute atomic E-state index is 12.4. The molecule has 1 amide bonds. The molecule has 1 saturated heterocycles. The largest absolute Gasteiger partial charge is 0.491 e. The van der Waals surface area contributed by atoms with Crippen molar-refractivity contribution in [3.05, 3.63) is 23.8 Å². The summed E-state index contributed by atoms with van der Waals surface area (Å²) in [5, 5.41) is 0. The molecule has 1 aliphatic rings. The lowest BCUT2D eigenvalue weighted by Gasteiger charge is -2.29. The Balaban J connectivity index is 2.08. The van der Waals surface area contributed by atoms with Crippen molar-refractivity contribution >= 4 is 11.8 Å². The van der Waals surface area contributed by atoms with E-state index >= 15 is 0 Å². The number of anilines is 1. The first kappa shape index (κ1) is 19.4. The molecule has 0 aromatic heterocycles. The average molecular weight is 348 g/mol. The van der Waals surface area contributed by atoms with Crippen molar-refractivity contribution in [2.24, 2.45) is 0 Å². The van der Waals surface area contributed by atoms with Crippen molar-refractivity contribution in [1.29, 1.82) is 0 Å². The van der Waals surface area contributed by atoms with Gasteiger partial charge in [-0.05, 0) is 50.7 Å². The lowest BCUT2D eigenvalue weighted by atomic mass is 9.86. The van der Waals surface area contributed by atoms with Crippen LogP contribution in [0.1, 0.15) is 59.9 Å². The van der Waals surface area contributed by atoms with E-state index < -0.39 is 5.60 Å². The predicted octanol–water partition coefficient (Wildman–Crippen LogP) is 4.34. The molecular weight excluding hydrogens is 316 g/mol. The second-order valence-corrected chi connectivity index (χ2v) is 8.79. The van der Waals surface area contributed by atoms with E-state index in [9.17, 15) is 4.79 Å². The van der Waals surface area contributed by atoms with Crippen LogP contribution in [-0.4, -0.2) is 35.8 Å². The number of hydrogen-bond donors (Lipinski definition) is 1. The lowest BCUT2D eigenvalue weighted by Crippen LogP contribution is -2.42. The highest BCUT2D eigenvalue weighted by molar-refractivity contribution is 5.69. The summed E-state index contributed by atoms with van der Waals surface area (Å²) in [5.41, 5.74) is 7.20. The summed E-state index contributed by atoms with van der Waals surface area (Å²) in [6, 6.07) is 5.82. The van der Waals surface area contributed by atoms with Crippen LogP contribution in [0.3, 0.4) is 0 Å².